The van der Waals surface area contributed by atoms with Crippen LogP contribution in [-0.2, 0) is 4.79 Å². The highest BCUT2D eigenvalue weighted by Gasteiger charge is 2.18. The SMILES string of the molecule is O=C(COc1ccc(C2SCCS2)cc1)Nc1ccc(Sc2ccc([N+](=O)[O-])cc2)cc1. The summed E-state index contributed by atoms with van der Waals surface area (Å²) in [5.74, 6) is 2.81. The average molecular weight is 485 g/mol. The van der Waals surface area contributed by atoms with Gasteiger partial charge in [0.05, 0.1) is 9.51 Å². The minimum Gasteiger partial charge on any atom is -0.484 e. The van der Waals surface area contributed by atoms with Crippen LogP contribution in [0.5, 0.6) is 5.75 Å². The van der Waals surface area contributed by atoms with Gasteiger partial charge in [-0.15, -0.1) is 23.5 Å². The fourth-order valence-corrected chi connectivity index (χ4v) is 6.67. The highest BCUT2D eigenvalue weighted by molar-refractivity contribution is 8.19. The normalized spacial score (nSPS) is 13.6. The fraction of sp³-hybridized carbons (Fsp3) is 0.174. The van der Waals surface area contributed by atoms with Gasteiger partial charge in [-0.2, -0.15) is 0 Å². The number of carbonyl (C=O) groups is 1. The molecular weight excluding hydrogens is 464 g/mol. The molecule has 0 unspecified atom stereocenters. The van der Waals surface area contributed by atoms with Crippen molar-refractivity contribution in [3.8, 4) is 5.75 Å². The van der Waals surface area contributed by atoms with Crippen molar-refractivity contribution in [2.75, 3.05) is 23.4 Å². The number of anilines is 1. The molecule has 1 amide bonds. The van der Waals surface area contributed by atoms with Gasteiger partial charge in [-0.05, 0) is 54.1 Å². The predicted molar refractivity (Wildman–Crippen MR) is 132 cm³/mol. The third kappa shape index (κ3) is 6.21. The van der Waals surface area contributed by atoms with Gasteiger partial charge in [0.25, 0.3) is 11.6 Å². The lowest BCUT2D eigenvalue weighted by Gasteiger charge is -2.11. The van der Waals surface area contributed by atoms with Crippen LogP contribution in [0.4, 0.5) is 11.4 Å². The number of nitro benzene ring substituents is 1. The van der Waals surface area contributed by atoms with E-state index in [-0.39, 0.29) is 18.2 Å². The number of ether oxygens (including phenoxy) is 1. The van der Waals surface area contributed by atoms with Crippen LogP contribution in [-0.4, -0.2) is 28.9 Å². The number of nitro groups is 1. The van der Waals surface area contributed by atoms with Crippen LogP contribution in [0.3, 0.4) is 0 Å². The van der Waals surface area contributed by atoms with E-state index in [1.165, 1.54) is 41.0 Å². The van der Waals surface area contributed by atoms with Gasteiger partial charge in [-0.1, -0.05) is 23.9 Å². The summed E-state index contributed by atoms with van der Waals surface area (Å²) in [7, 11) is 0. The zero-order valence-electron chi connectivity index (χ0n) is 16.9. The van der Waals surface area contributed by atoms with Crippen molar-refractivity contribution in [3.63, 3.8) is 0 Å². The molecule has 164 valence electrons. The fourth-order valence-electron chi connectivity index (χ4n) is 3.00. The predicted octanol–water partition coefficient (Wildman–Crippen LogP) is 6.24. The standard InChI is InChI=1S/C23H20N2O4S3/c26-22(15-29-19-7-1-16(2-8-19)23-30-13-14-31-23)24-17-3-9-20(10-4-17)32-21-11-5-18(6-12-21)25(27)28/h1-12,23H,13-15H2,(H,24,26). The first kappa shape index (κ1) is 22.6. The Labute approximate surface area is 198 Å². The molecule has 3 aromatic carbocycles. The number of non-ortho nitro benzene ring substituents is 1. The van der Waals surface area contributed by atoms with E-state index in [9.17, 15) is 14.9 Å². The second kappa shape index (κ2) is 10.8. The van der Waals surface area contributed by atoms with Gasteiger partial charge in [0.2, 0.25) is 0 Å². The molecule has 0 atom stereocenters. The Morgan fingerprint density at radius 2 is 1.56 bits per heavy atom. The molecule has 4 rings (SSSR count). The van der Waals surface area contributed by atoms with E-state index in [0.29, 0.717) is 16.0 Å². The molecule has 0 radical (unpaired) electrons. The Bertz CT molecular complexity index is 1070. The quantitative estimate of drug-likeness (QED) is 0.299. The number of hydrogen-bond acceptors (Lipinski definition) is 7. The van der Waals surface area contributed by atoms with Gasteiger partial charge in [0.15, 0.2) is 6.61 Å². The molecule has 1 saturated heterocycles. The molecular formula is C23H20N2O4S3. The second-order valence-corrected chi connectivity index (χ2v) is 10.7. The summed E-state index contributed by atoms with van der Waals surface area (Å²) in [6, 6.07) is 21.7. The highest BCUT2D eigenvalue weighted by Crippen LogP contribution is 2.45. The third-order valence-electron chi connectivity index (χ3n) is 4.57. The lowest BCUT2D eigenvalue weighted by Crippen LogP contribution is -2.20. The summed E-state index contributed by atoms with van der Waals surface area (Å²) in [6.07, 6.45) is 0. The van der Waals surface area contributed by atoms with Gasteiger partial charge < -0.3 is 10.1 Å². The first-order valence-corrected chi connectivity index (χ1v) is 12.8. The van der Waals surface area contributed by atoms with Crippen molar-refractivity contribution in [1.82, 2.24) is 0 Å². The second-order valence-electron chi connectivity index (χ2n) is 6.86. The Morgan fingerprint density at radius 3 is 2.16 bits per heavy atom. The summed E-state index contributed by atoms with van der Waals surface area (Å²) in [6.45, 7) is -0.0639. The van der Waals surface area contributed by atoms with Crippen molar-refractivity contribution >= 4 is 52.6 Å². The van der Waals surface area contributed by atoms with Crippen LogP contribution in [0.1, 0.15) is 10.1 Å². The minimum absolute atomic E-state index is 0.0639. The van der Waals surface area contributed by atoms with Crippen LogP contribution >= 0.6 is 35.3 Å². The van der Waals surface area contributed by atoms with Crippen molar-refractivity contribution in [1.29, 1.82) is 0 Å². The summed E-state index contributed by atoms with van der Waals surface area (Å²) in [5, 5.41) is 13.6. The lowest BCUT2D eigenvalue weighted by atomic mass is 10.2. The highest BCUT2D eigenvalue weighted by atomic mass is 32.2. The van der Waals surface area contributed by atoms with Gasteiger partial charge in [-0.3, -0.25) is 14.9 Å². The number of hydrogen-bond donors (Lipinski definition) is 1. The average Bonchev–Trinajstić information content (AvgIpc) is 3.35. The molecule has 1 aliphatic rings. The molecule has 0 aliphatic carbocycles. The van der Waals surface area contributed by atoms with E-state index in [2.05, 4.69) is 17.4 Å². The van der Waals surface area contributed by atoms with E-state index in [0.717, 1.165) is 9.79 Å². The third-order valence-corrected chi connectivity index (χ3v) is 8.69. The monoisotopic (exact) mass is 484 g/mol. The number of benzene rings is 3. The Kier molecular flexibility index (Phi) is 7.62. The topological polar surface area (TPSA) is 81.5 Å². The number of thioether (sulfide) groups is 2. The first-order valence-electron chi connectivity index (χ1n) is 9.85. The molecule has 0 saturated carbocycles. The number of carbonyl (C=O) groups excluding carboxylic acids is 1. The maximum absolute atomic E-state index is 12.2. The Hall–Kier alpha value is -2.62. The molecule has 9 heteroatoms. The molecule has 1 heterocycles. The molecule has 0 bridgehead atoms. The van der Waals surface area contributed by atoms with E-state index >= 15 is 0 Å². The van der Waals surface area contributed by atoms with Gasteiger partial charge in [-0.25, -0.2) is 0 Å². The maximum atomic E-state index is 12.2. The Morgan fingerprint density at radius 1 is 0.969 bits per heavy atom. The zero-order chi connectivity index (χ0) is 22.3. The molecule has 32 heavy (non-hydrogen) atoms. The lowest BCUT2D eigenvalue weighted by molar-refractivity contribution is -0.384. The molecule has 0 spiro atoms. The van der Waals surface area contributed by atoms with Crippen molar-refractivity contribution in [2.45, 2.75) is 14.4 Å². The van der Waals surface area contributed by atoms with E-state index in [4.69, 9.17) is 4.74 Å². The van der Waals surface area contributed by atoms with Crippen LogP contribution in [0.15, 0.2) is 82.6 Å². The van der Waals surface area contributed by atoms with E-state index in [1.54, 1.807) is 12.1 Å². The summed E-state index contributed by atoms with van der Waals surface area (Å²) >= 11 is 5.40. The van der Waals surface area contributed by atoms with Crippen LogP contribution in [0.2, 0.25) is 0 Å². The van der Waals surface area contributed by atoms with Crippen molar-refractivity contribution < 1.29 is 14.5 Å². The van der Waals surface area contributed by atoms with Crippen LogP contribution in [0.25, 0.3) is 0 Å². The van der Waals surface area contributed by atoms with E-state index < -0.39 is 4.92 Å². The Balaban J connectivity index is 1.25. The summed E-state index contributed by atoms with van der Waals surface area (Å²) < 4.78 is 6.10. The number of nitrogens with one attached hydrogen (secondary N) is 1. The summed E-state index contributed by atoms with van der Waals surface area (Å²) in [5.41, 5.74) is 2.02. The molecule has 6 nitrogen and oxygen atoms in total. The van der Waals surface area contributed by atoms with E-state index in [1.807, 2.05) is 59.9 Å². The van der Waals surface area contributed by atoms with Crippen molar-refractivity contribution in [2.24, 2.45) is 0 Å². The van der Waals surface area contributed by atoms with Crippen LogP contribution < -0.4 is 10.1 Å². The van der Waals surface area contributed by atoms with Gasteiger partial charge in [0.1, 0.15) is 5.75 Å². The molecule has 0 aromatic heterocycles. The number of amides is 1. The molecule has 3 aromatic rings. The molecule has 1 aliphatic heterocycles. The largest absolute Gasteiger partial charge is 0.484 e. The van der Waals surface area contributed by atoms with Gasteiger partial charge >= 0.3 is 0 Å². The molecule has 1 fully saturated rings. The zero-order valence-corrected chi connectivity index (χ0v) is 19.4. The smallest absolute Gasteiger partial charge is 0.269 e. The first-order chi connectivity index (χ1) is 15.6. The summed E-state index contributed by atoms with van der Waals surface area (Å²) in [4.78, 5) is 24.4. The van der Waals surface area contributed by atoms with Crippen LogP contribution in [0, 0.1) is 10.1 Å². The van der Waals surface area contributed by atoms with Gasteiger partial charge in [0, 0.05) is 39.1 Å². The minimum atomic E-state index is -0.417. The van der Waals surface area contributed by atoms with Crippen molar-refractivity contribution in [3.05, 3.63) is 88.5 Å². The molecule has 1 N–H and O–H groups in total. The maximum Gasteiger partial charge on any atom is 0.269 e. The number of rotatable bonds is 8. The number of nitrogens with zero attached hydrogens (tertiary/aromatic N) is 1.